The fourth-order valence-corrected chi connectivity index (χ4v) is 6.34. The number of primary amides is 1. The lowest BCUT2D eigenvalue weighted by Gasteiger charge is -2.50. The molecular formula is C27H34ClN3O7. The summed E-state index contributed by atoms with van der Waals surface area (Å²) in [6.45, 7) is 7.01. The van der Waals surface area contributed by atoms with Crippen LogP contribution in [0.15, 0.2) is 28.7 Å². The molecule has 0 aromatic heterocycles. The number of allylic oxidation sites excluding steroid dienone is 1. The zero-order chi connectivity index (χ0) is 28.5. The average Bonchev–Trinajstić information content (AvgIpc) is 2.78. The Morgan fingerprint density at radius 2 is 1.87 bits per heavy atom. The number of rotatable bonds is 5. The third-order valence-corrected chi connectivity index (χ3v) is 8.06. The maximum atomic E-state index is 13.8. The van der Waals surface area contributed by atoms with E-state index < -0.39 is 58.0 Å². The molecule has 0 aliphatic heterocycles. The van der Waals surface area contributed by atoms with E-state index in [1.165, 1.54) is 4.90 Å². The lowest BCUT2D eigenvalue weighted by atomic mass is 9.58. The Morgan fingerprint density at radius 1 is 1.24 bits per heavy atom. The second-order valence-corrected chi connectivity index (χ2v) is 12.3. The molecule has 3 aliphatic carbocycles. The van der Waals surface area contributed by atoms with Crippen molar-refractivity contribution in [2.24, 2.45) is 23.0 Å². The summed E-state index contributed by atoms with van der Waals surface area (Å²) in [6.07, 6.45) is 0.161. The van der Waals surface area contributed by atoms with Crippen LogP contribution in [-0.4, -0.2) is 75.1 Å². The van der Waals surface area contributed by atoms with Gasteiger partial charge in [0.15, 0.2) is 11.4 Å². The first kappa shape index (κ1) is 28.1. The van der Waals surface area contributed by atoms with Crippen LogP contribution < -0.4 is 11.1 Å². The van der Waals surface area contributed by atoms with E-state index >= 15 is 0 Å². The number of aromatic hydroxyl groups is 1. The molecular weight excluding hydrogens is 514 g/mol. The van der Waals surface area contributed by atoms with Crippen molar-refractivity contribution in [2.45, 2.75) is 51.8 Å². The molecule has 0 saturated carbocycles. The normalized spacial score (nSPS) is 27.4. The van der Waals surface area contributed by atoms with Gasteiger partial charge >= 0.3 is 0 Å². The number of aliphatic hydroxyl groups is 3. The van der Waals surface area contributed by atoms with Gasteiger partial charge in [0, 0.05) is 35.2 Å². The highest BCUT2D eigenvalue weighted by molar-refractivity contribution is 6.33. The number of nitrogens with two attached hydrogens (primary N) is 1. The Morgan fingerprint density at radius 3 is 2.42 bits per heavy atom. The zero-order valence-corrected chi connectivity index (χ0v) is 22.8. The highest BCUT2D eigenvalue weighted by Gasteiger charge is 2.63. The lowest BCUT2D eigenvalue weighted by Crippen LogP contribution is -2.63. The van der Waals surface area contributed by atoms with Gasteiger partial charge < -0.3 is 31.5 Å². The van der Waals surface area contributed by atoms with E-state index in [-0.39, 0.29) is 46.7 Å². The van der Waals surface area contributed by atoms with Gasteiger partial charge in [-0.1, -0.05) is 32.4 Å². The Hall–Kier alpha value is -2.92. The zero-order valence-electron chi connectivity index (χ0n) is 22.1. The predicted molar refractivity (Wildman–Crippen MR) is 140 cm³/mol. The molecule has 206 valence electrons. The number of nitrogens with zero attached hydrogens (tertiary/aromatic N) is 1. The number of carbonyl (C=O) groups excluding carboxylic acids is 3. The van der Waals surface area contributed by atoms with Gasteiger partial charge in [0.2, 0.25) is 5.78 Å². The van der Waals surface area contributed by atoms with Crippen LogP contribution in [0.4, 0.5) is 0 Å². The summed E-state index contributed by atoms with van der Waals surface area (Å²) in [5, 5.41) is 48.4. The molecule has 1 aromatic rings. The molecule has 0 saturated heterocycles. The van der Waals surface area contributed by atoms with E-state index in [1.54, 1.807) is 20.2 Å². The summed E-state index contributed by atoms with van der Waals surface area (Å²) in [5.41, 5.74) is 2.32. The number of likely N-dealkylation sites (N-methyl/N-ethyl adjacent to an activating group) is 1. The number of nitrogens with one attached hydrogen (secondary N) is 1. The molecule has 11 heteroatoms. The van der Waals surface area contributed by atoms with Gasteiger partial charge in [-0.2, -0.15) is 0 Å². The predicted octanol–water partition coefficient (Wildman–Crippen LogP) is 1.91. The van der Waals surface area contributed by atoms with Gasteiger partial charge in [-0.15, -0.1) is 0 Å². The van der Waals surface area contributed by atoms with Crippen molar-refractivity contribution in [3.8, 4) is 5.75 Å². The molecule has 1 amide bonds. The first-order valence-corrected chi connectivity index (χ1v) is 12.8. The van der Waals surface area contributed by atoms with E-state index in [0.717, 1.165) is 0 Å². The Balaban J connectivity index is 1.85. The van der Waals surface area contributed by atoms with Gasteiger partial charge in [0.05, 0.1) is 11.6 Å². The maximum absolute atomic E-state index is 13.8. The molecule has 38 heavy (non-hydrogen) atoms. The van der Waals surface area contributed by atoms with Crippen LogP contribution >= 0.6 is 11.6 Å². The van der Waals surface area contributed by atoms with Crippen LogP contribution in [0.25, 0.3) is 0 Å². The fourth-order valence-electron chi connectivity index (χ4n) is 6.03. The van der Waals surface area contributed by atoms with E-state index in [9.17, 15) is 34.8 Å². The second kappa shape index (κ2) is 9.37. The summed E-state index contributed by atoms with van der Waals surface area (Å²) in [7, 11) is 3.16. The highest BCUT2D eigenvalue weighted by atomic mass is 35.5. The van der Waals surface area contributed by atoms with Gasteiger partial charge in [-0.05, 0) is 49.9 Å². The van der Waals surface area contributed by atoms with Crippen molar-refractivity contribution in [2.75, 3.05) is 20.6 Å². The molecule has 0 spiro atoms. The number of phenols is 1. The number of halogens is 1. The molecule has 0 fully saturated rings. The quantitative estimate of drug-likeness (QED) is 0.301. The summed E-state index contributed by atoms with van der Waals surface area (Å²) < 4.78 is 0. The molecule has 4 rings (SSSR count). The number of carbonyl (C=O) groups is 3. The molecule has 7 N–H and O–H groups in total. The fraction of sp³-hybridized carbons (Fsp3) is 0.519. The van der Waals surface area contributed by atoms with E-state index in [1.807, 2.05) is 20.8 Å². The number of hydrogen-bond acceptors (Lipinski definition) is 9. The second-order valence-electron chi connectivity index (χ2n) is 11.8. The van der Waals surface area contributed by atoms with Crippen LogP contribution in [0, 0.1) is 17.3 Å². The molecule has 1 aromatic carbocycles. The van der Waals surface area contributed by atoms with Crippen molar-refractivity contribution in [3.05, 3.63) is 50.4 Å². The van der Waals surface area contributed by atoms with Crippen LogP contribution in [-0.2, 0) is 22.6 Å². The van der Waals surface area contributed by atoms with Crippen LogP contribution in [0.5, 0.6) is 5.75 Å². The minimum Gasteiger partial charge on any atom is -0.510 e. The number of ketones is 2. The minimum absolute atomic E-state index is 0.0116. The standard InChI is InChI=1S/C27H34ClN3O7/c1-26(2,3)10-30-9-12-8-15(28)13-6-11-7-14-19(31(4)5)22(34)18(25(29)37)24(36)27(14,38)23(35)16(11)21(33)17(13)20(12)32/h8,11,14,19,30,32,34-35,38H,6-7,9-10H2,1-5H3,(H2,29,37)/t11-,14-,19-,27-/m0/s1. The van der Waals surface area contributed by atoms with Gasteiger partial charge in [-0.3, -0.25) is 19.3 Å². The first-order chi connectivity index (χ1) is 17.5. The molecule has 0 bridgehead atoms. The largest absolute Gasteiger partial charge is 0.510 e. The van der Waals surface area contributed by atoms with Crippen LogP contribution in [0.2, 0.25) is 5.02 Å². The van der Waals surface area contributed by atoms with Crippen molar-refractivity contribution in [1.29, 1.82) is 0 Å². The molecule has 4 atom stereocenters. The van der Waals surface area contributed by atoms with Crippen molar-refractivity contribution >= 4 is 29.1 Å². The van der Waals surface area contributed by atoms with Gasteiger partial charge in [0.1, 0.15) is 22.8 Å². The summed E-state index contributed by atoms with van der Waals surface area (Å²) in [5.74, 6) is -6.83. The molecule has 0 unspecified atom stereocenters. The summed E-state index contributed by atoms with van der Waals surface area (Å²) >= 11 is 6.58. The van der Waals surface area contributed by atoms with Gasteiger partial charge in [0.25, 0.3) is 5.91 Å². The van der Waals surface area contributed by atoms with E-state index in [2.05, 4.69) is 5.32 Å². The lowest BCUT2D eigenvalue weighted by molar-refractivity contribution is -0.148. The topological polar surface area (TPSA) is 173 Å². The Labute approximate surface area is 225 Å². The SMILES string of the molecule is CN(C)[C@@H]1C(O)=C(C(N)=O)C(=O)[C@@]2(O)C(O)=C3C(=O)c4c(O)c(CNCC(C)(C)C)cc(Cl)c4C[C@H]3C[C@@H]12. The van der Waals surface area contributed by atoms with E-state index in [0.29, 0.717) is 17.7 Å². The Kier molecular flexibility index (Phi) is 6.93. The maximum Gasteiger partial charge on any atom is 0.255 e. The number of amides is 1. The molecule has 10 nitrogen and oxygen atoms in total. The number of aliphatic hydroxyl groups excluding tert-OH is 2. The summed E-state index contributed by atoms with van der Waals surface area (Å²) in [6, 6.07) is 0.563. The number of benzene rings is 1. The molecule has 0 radical (unpaired) electrons. The minimum atomic E-state index is -2.67. The van der Waals surface area contributed by atoms with Crippen molar-refractivity contribution < 1.29 is 34.8 Å². The number of hydrogen-bond donors (Lipinski definition) is 6. The number of phenolic OH excluding ortho intramolecular Hbond substituents is 1. The summed E-state index contributed by atoms with van der Waals surface area (Å²) in [4.78, 5) is 40.7. The first-order valence-electron chi connectivity index (χ1n) is 12.4. The number of fused-ring (bicyclic) bond motifs is 3. The Bertz CT molecular complexity index is 1310. The van der Waals surface area contributed by atoms with Gasteiger partial charge in [-0.25, -0.2) is 0 Å². The highest BCUT2D eigenvalue weighted by Crippen LogP contribution is 2.53. The third kappa shape index (κ3) is 4.20. The van der Waals surface area contributed by atoms with E-state index in [4.69, 9.17) is 17.3 Å². The monoisotopic (exact) mass is 547 g/mol. The van der Waals surface area contributed by atoms with Crippen molar-refractivity contribution in [1.82, 2.24) is 10.2 Å². The van der Waals surface area contributed by atoms with Crippen LogP contribution in [0.3, 0.4) is 0 Å². The van der Waals surface area contributed by atoms with Crippen molar-refractivity contribution in [3.63, 3.8) is 0 Å². The third-order valence-electron chi connectivity index (χ3n) is 7.72. The van der Waals surface area contributed by atoms with Crippen LogP contribution in [0.1, 0.15) is 48.7 Å². The molecule has 3 aliphatic rings. The number of Topliss-reactive ketones (excluding diaryl/α,β-unsaturated/α-hetero) is 2. The molecule has 0 heterocycles. The average molecular weight is 548 g/mol. The smallest absolute Gasteiger partial charge is 0.255 e.